The second-order valence-electron chi connectivity index (χ2n) is 12.3. The predicted molar refractivity (Wildman–Crippen MR) is 172 cm³/mol. The van der Waals surface area contributed by atoms with Crippen molar-refractivity contribution in [2.45, 2.75) is 81.6 Å². The Labute approximate surface area is 262 Å². The molecule has 1 unspecified atom stereocenters. The number of hydrogen-bond donors (Lipinski definition) is 4. The van der Waals surface area contributed by atoms with Gasteiger partial charge in [0.2, 0.25) is 5.91 Å². The molecule has 3 aromatic carbocycles. The molecule has 1 aliphatic rings. The second kappa shape index (κ2) is 12.6. The van der Waals surface area contributed by atoms with Crippen molar-refractivity contribution in [1.82, 2.24) is 0 Å². The topological polar surface area (TPSA) is 142 Å². The summed E-state index contributed by atoms with van der Waals surface area (Å²) < 4.78 is 35.0. The number of phenols is 1. The zero-order chi connectivity index (χ0) is 32.4. The molecule has 1 aliphatic heterocycles. The highest BCUT2D eigenvalue weighted by atomic mass is 32.2. The van der Waals surface area contributed by atoms with Gasteiger partial charge in [0, 0.05) is 23.9 Å². The average molecular weight is 639 g/mol. The quantitative estimate of drug-likeness (QED) is 0.184. The maximum absolute atomic E-state index is 13.2. The number of amides is 1. The first kappa shape index (κ1) is 32.9. The van der Waals surface area contributed by atoms with Crippen molar-refractivity contribution in [1.29, 1.82) is 0 Å². The van der Waals surface area contributed by atoms with Crippen LogP contribution in [0, 0.1) is 6.92 Å². The van der Waals surface area contributed by atoms with Gasteiger partial charge in [0.25, 0.3) is 10.0 Å². The van der Waals surface area contributed by atoms with Crippen molar-refractivity contribution in [3.63, 3.8) is 0 Å². The number of thioether (sulfide) groups is 1. The molecule has 0 aromatic heterocycles. The summed E-state index contributed by atoms with van der Waals surface area (Å²) in [6.45, 7) is 10.9. The Morgan fingerprint density at radius 3 is 2.25 bits per heavy atom. The number of esters is 1. The lowest BCUT2D eigenvalue weighted by atomic mass is 9.86. The van der Waals surface area contributed by atoms with E-state index in [9.17, 15) is 28.2 Å². The number of carbonyl (C=O) groups excluding carboxylic acids is 2. The molecule has 1 atom stereocenters. The number of aliphatic hydroxyl groups excluding tert-OH is 1. The van der Waals surface area contributed by atoms with E-state index in [2.05, 4.69) is 10.0 Å². The highest BCUT2D eigenvalue weighted by molar-refractivity contribution is 8.04. The molecule has 0 saturated heterocycles. The Morgan fingerprint density at radius 2 is 1.68 bits per heavy atom. The van der Waals surface area contributed by atoms with E-state index >= 15 is 0 Å². The molecule has 11 heteroatoms. The van der Waals surface area contributed by atoms with Crippen molar-refractivity contribution in [3.8, 4) is 5.75 Å². The summed E-state index contributed by atoms with van der Waals surface area (Å²) in [5.41, 5.74) is 1.92. The summed E-state index contributed by atoms with van der Waals surface area (Å²) in [6, 6.07) is 16.3. The van der Waals surface area contributed by atoms with E-state index < -0.39 is 27.0 Å². The molecular weight excluding hydrogens is 601 g/mol. The summed E-state index contributed by atoms with van der Waals surface area (Å²) in [4.78, 5) is 25.3. The minimum Gasteiger partial charge on any atom is -0.511 e. The molecule has 44 heavy (non-hydrogen) atoms. The van der Waals surface area contributed by atoms with E-state index in [-0.39, 0.29) is 33.6 Å². The third kappa shape index (κ3) is 7.95. The summed E-state index contributed by atoms with van der Waals surface area (Å²) in [7, 11) is -3.95. The van der Waals surface area contributed by atoms with Gasteiger partial charge in [-0.25, -0.2) is 13.2 Å². The maximum atomic E-state index is 13.2. The number of sulfonamides is 1. The predicted octanol–water partition coefficient (Wildman–Crippen LogP) is 6.96. The number of hydrogen-bond acceptors (Lipinski definition) is 8. The van der Waals surface area contributed by atoms with Crippen molar-refractivity contribution in [2.75, 3.05) is 10.0 Å². The SMILES string of the molecule is CC(=O)Nc1ccc(S(=O)(=O)Nc2cc(C(C)(C)C)c(SC3=C(O)CC(C)(CCc4ccc(O)cc4)OC3=O)cc2C)cc1. The standard InChI is InChI=1S/C33H38N2O7S2/c1-20-17-29(43-30-28(38)19-33(6,42-31(30)39)16-15-22-7-11-24(37)12-8-22)26(32(3,4)5)18-27(20)35-44(40,41)25-13-9-23(10-14-25)34-21(2)36/h7-14,17-18,35,37-38H,15-16,19H2,1-6H3,(H,34,36). The molecule has 0 aliphatic carbocycles. The Bertz CT molecular complexity index is 1710. The molecule has 0 fully saturated rings. The molecule has 1 heterocycles. The lowest BCUT2D eigenvalue weighted by Gasteiger charge is -2.34. The lowest BCUT2D eigenvalue weighted by molar-refractivity contribution is -0.156. The summed E-state index contributed by atoms with van der Waals surface area (Å²) in [5, 5.41) is 23.2. The highest BCUT2D eigenvalue weighted by Gasteiger charge is 2.39. The van der Waals surface area contributed by atoms with Crippen LogP contribution < -0.4 is 10.0 Å². The molecule has 0 spiro atoms. The van der Waals surface area contributed by atoms with E-state index in [1.54, 1.807) is 38.1 Å². The van der Waals surface area contributed by atoms with Crippen LogP contribution in [0.2, 0.25) is 0 Å². The number of benzene rings is 3. The van der Waals surface area contributed by atoms with Crippen LogP contribution in [0.15, 0.2) is 81.1 Å². The number of anilines is 2. The molecule has 234 valence electrons. The number of aromatic hydroxyl groups is 1. The van der Waals surface area contributed by atoms with E-state index in [1.807, 2.05) is 32.9 Å². The molecule has 0 bridgehead atoms. The monoisotopic (exact) mass is 638 g/mol. The Morgan fingerprint density at radius 1 is 1.05 bits per heavy atom. The molecule has 4 rings (SSSR count). The number of cyclic esters (lactones) is 1. The van der Waals surface area contributed by atoms with Gasteiger partial charge in [0.1, 0.15) is 22.0 Å². The van der Waals surface area contributed by atoms with Crippen LogP contribution in [0.1, 0.15) is 64.2 Å². The van der Waals surface area contributed by atoms with Gasteiger partial charge in [-0.1, -0.05) is 44.7 Å². The van der Waals surface area contributed by atoms with Crippen LogP contribution >= 0.6 is 11.8 Å². The minimum atomic E-state index is -3.95. The van der Waals surface area contributed by atoms with Crippen LogP contribution in [0.4, 0.5) is 11.4 Å². The zero-order valence-electron chi connectivity index (χ0n) is 25.6. The first-order valence-corrected chi connectivity index (χ1v) is 16.4. The lowest BCUT2D eigenvalue weighted by Crippen LogP contribution is -2.37. The van der Waals surface area contributed by atoms with Crippen LogP contribution in [0.25, 0.3) is 0 Å². The molecular formula is C33H38N2O7S2. The first-order valence-electron chi connectivity index (χ1n) is 14.1. The van der Waals surface area contributed by atoms with Gasteiger partial charge in [-0.3, -0.25) is 9.52 Å². The Kier molecular flexibility index (Phi) is 9.41. The van der Waals surface area contributed by atoms with Gasteiger partial charge in [0.15, 0.2) is 0 Å². The number of nitrogens with one attached hydrogen (secondary N) is 2. The largest absolute Gasteiger partial charge is 0.511 e. The van der Waals surface area contributed by atoms with Gasteiger partial charge in [-0.05, 0) is 97.3 Å². The molecule has 1 amide bonds. The van der Waals surface area contributed by atoms with Gasteiger partial charge >= 0.3 is 5.97 Å². The summed E-state index contributed by atoms with van der Waals surface area (Å²) in [6.07, 6.45) is 1.24. The van der Waals surface area contributed by atoms with Gasteiger partial charge in [0.05, 0.1) is 10.6 Å². The fourth-order valence-electron chi connectivity index (χ4n) is 4.87. The van der Waals surface area contributed by atoms with Crippen molar-refractivity contribution in [2.24, 2.45) is 0 Å². The number of phenolic OH excluding ortho intramolecular Hbond substituents is 1. The molecule has 9 nitrogen and oxygen atoms in total. The number of ether oxygens (including phenoxy) is 1. The van der Waals surface area contributed by atoms with Crippen molar-refractivity contribution >= 4 is 45.0 Å². The normalized spacial score (nSPS) is 17.3. The number of aryl methyl sites for hydroxylation is 2. The fourth-order valence-corrected chi connectivity index (χ4v) is 7.23. The highest BCUT2D eigenvalue weighted by Crippen LogP contribution is 2.44. The van der Waals surface area contributed by atoms with Crippen LogP contribution in [-0.2, 0) is 36.2 Å². The second-order valence-corrected chi connectivity index (χ2v) is 15.0. The van der Waals surface area contributed by atoms with Gasteiger partial charge in [-0.2, -0.15) is 0 Å². The third-order valence-electron chi connectivity index (χ3n) is 7.28. The van der Waals surface area contributed by atoms with Crippen LogP contribution in [0.3, 0.4) is 0 Å². The fraction of sp³-hybridized carbons (Fsp3) is 0.333. The Hall–Kier alpha value is -3.96. The van der Waals surface area contributed by atoms with E-state index in [0.29, 0.717) is 34.7 Å². The first-order chi connectivity index (χ1) is 20.5. The zero-order valence-corrected chi connectivity index (χ0v) is 27.3. The molecule has 0 saturated carbocycles. The van der Waals surface area contributed by atoms with E-state index in [0.717, 1.165) is 22.9 Å². The number of carbonyl (C=O) groups is 2. The smallest absolute Gasteiger partial charge is 0.348 e. The number of rotatable bonds is 9. The van der Waals surface area contributed by atoms with Crippen LogP contribution in [-0.4, -0.2) is 36.1 Å². The van der Waals surface area contributed by atoms with E-state index in [1.165, 1.54) is 31.2 Å². The van der Waals surface area contributed by atoms with E-state index in [4.69, 9.17) is 4.74 Å². The molecule has 3 aromatic rings. The van der Waals surface area contributed by atoms with Crippen molar-refractivity contribution < 1.29 is 33.0 Å². The minimum absolute atomic E-state index is 0.0373. The summed E-state index contributed by atoms with van der Waals surface area (Å²) >= 11 is 1.11. The van der Waals surface area contributed by atoms with Crippen molar-refractivity contribution in [3.05, 3.63) is 88.0 Å². The summed E-state index contributed by atoms with van der Waals surface area (Å²) in [5.74, 6) is -0.746. The van der Waals surface area contributed by atoms with Crippen LogP contribution in [0.5, 0.6) is 5.75 Å². The van der Waals surface area contributed by atoms with Gasteiger partial charge < -0.3 is 20.3 Å². The third-order valence-corrected chi connectivity index (χ3v) is 9.83. The molecule has 0 radical (unpaired) electrons. The maximum Gasteiger partial charge on any atom is 0.348 e. The Balaban J connectivity index is 1.57. The number of aliphatic hydroxyl groups is 1. The molecule has 4 N–H and O–H groups in total. The average Bonchev–Trinajstić information content (AvgIpc) is 2.91. The van der Waals surface area contributed by atoms with Gasteiger partial charge in [-0.15, -0.1) is 0 Å².